The first kappa shape index (κ1) is 31.6. The molecule has 0 saturated heterocycles. The summed E-state index contributed by atoms with van der Waals surface area (Å²) in [5.74, 6) is 0.531. The predicted octanol–water partition coefficient (Wildman–Crippen LogP) is -3.00. The molecule has 0 aliphatic heterocycles. The second kappa shape index (κ2) is 14.3. The molecule has 4 aromatic rings. The van der Waals surface area contributed by atoms with Crippen molar-refractivity contribution >= 4 is 61.5 Å². The van der Waals surface area contributed by atoms with E-state index in [0.29, 0.717) is 0 Å². The van der Waals surface area contributed by atoms with Crippen molar-refractivity contribution in [3.63, 3.8) is 0 Å². The van der Waals surface area contributed by atoms with E-state index in [2.05, 4.69) is 29.9 Å². The Hall–Kier alpha value is -4.44. The molecular formula is C18H26N12O6P2. The van der Waals surface area contributed by atoms with E-state index >= 15 is 0 Å². The van der Waals surface area contributed by atoms with E-state index in [0.717, 1.165) is 0 Å². The zero-order chi connectivity index (χ0) is 28.9. The van der Waals surface area contributed by atoms with E-state index in [1.165, 1.54) is 24.3 Å². The Morgan fingerprint density at radius 3 is 1.13 bits per heavy atom. The Kier molecular flexibility index (Phi) is 11.9. The van der Waals surface area contributed by atoms with E-state index < -0.39 is 15.2 Å². The van der Waals surface area contributed by atoms with Gasteiger partial charge in [-0.3, -0.25) is 4.57 Å². The summed E-state index contributed by atoms with van der Waals surface area (Å²) in [4.78, 5) is 56.1. The van der Waals surface area contributed by atoms with E-state index in [4.69, 9.17) is 49.1 Å². The minimum Gasteiger partial charge on any atom is -0.775 e. The first-order chi connectivity index (χ1) is 17.6. The first-order valence-electron chi connectivity index (χ1n) is 9.88. The highest BCUT2D eigenvalue weighted by molar-refractivity contribution is 7.60. The van der Waals surface area contributed by atoms with Crippen molar-refractivity contribution in [3.8, 4) is 0 Å². The van der Waals surface area contributed by atoms with Gasteiger partial charge in [0.25, 0.3) is 0 Å². The van der Waals surface area contributed by atoms with Gasteiger partial charge in [-0.25, -0.2) is 4.98 Å². The van der Waals surface area contributed by atoms with Crippen LogP contribution in [0.3, 0.4) is 0 Å². The molecule has 0 saturated carbocycles. The average molecular weight is 568 g/mol. The minimum atomic E-state index is -4.27. The van der Waals surface area contributed by atoms with E-state index in [-0.39, 0.29) is 46.3 Å². The Morgan fingerprint density at radius 1 is 0.579 bits per heavy atom. The van der Waals surface area contributed by atoms with Gasteiger partial charge in [0.15, 0.2) is 7.60 Å². The van der Waals surface area contributed by atoms with Crippen LogP contribution in [-0.2, 0) is 9.13 Å². The highest BCUT2D eigenvalue weighted by Gasteiger charge is 2.14. The zero-order valence-electron chi connectivity index (χ0n) is 19.4. The lowest BCUT2D eigenvalue weighted by atomic mass is 10.4. The van der Waals surface area contributed by atoms with Gasteiger partial charge in [-0.2, -0.15) is 15.0 Å². The third-order valence-electron chi connectivity index (χ3n) is 3.59. The molecule has 2 heterocycles. The van der Waals surface area contributed by atoms with Crippen LogP contribution in [-0.4, -0.2) is 39.6 Å². The molecule has 18 nitrogen and oxygen atoms in total. The zero-order valence-corrected chi connectivity index (χ0v) is 21.2. The normalized spacial score (nSPS) is 11.7. The molecule has 2 aromatic heterocycles. The van der Waals surface area contributed by atoms with Crippen LogP contribution in [0.4, 0.5) is 35.7 Å². The molecule has 2 aromatic carbocycles. The maximum Gasteiger partial charge on any atom is 0.356 e. The van der Waals surface area contributed by atoms with Crippen LogP contribution >= 0.6 is 15.2 Å². The molecule has 0 aliphatic carbocycles. The third-order valence-corrected chi connectivity index (χ3v) is 5.51. The van der Waals surface area contributed by atoms with Gasteiger partial charge in [-0.1, -0.05) is 58.5 Å². The van der Waals surface area contributed by atoms with Crippen LogP contribution in [0.1, 0.15) is 0 Å². The number of rotatable bonds is 2. The lowest BCUT2D eigenvalue weighted by Crippen LogP contribution is -2.20. The van der Waals surface area contributed by atoms with Gasteiger partial charge < -0.3 is 58.5 Å². The van der Waals surface area contributed by atoms with Crippen LogP contribution in [0.15, 0.2) is 60.7 Å². The molecule has 0 aliphatic rings. The molecule has 0 amide bonds. The summed E-state index contributed by atoms with van der Waals surface area (Å²) in [7, 11) is -8.29. The average Bonchev–Trinajstić information content (AvgIpc) is 2.79. The van der Waals surface area contributed by atoms with Gasteiger partial charge in [-0.15, -0.1) is 0 Å². The number of H-pyrrole nitrogens is 1. The number of nitrogens with two attached hydrogens (primary N) is 6. The predicted molar refractivity (Wildman–Crippen MR) is 139 cm³/mol. The summed E-state index contributed by atoms with van der Waals surface area (Å²) < 4.78 is 20.9. The summed E-state index contributed by atoms with van der Waals surface area (Å²) in [6.45, 7) is 0. The topological polar surface area (TPSA) is 353 Å². The van der Waals surface area contributed by atoms with Crippen molar-refractivity contribution in [1.82, 2.24) is 24.9 Å². The highest BCUT2D eigenvalue weighted by atomic mass is 31.2. The largest absolute Gasteiger partial charge is 0.775 e. The van der Waals surface area contributed by atoms with Gasteiger partial charge in [0.05, 0.1) is 5.30 Å². The summed E-state index contributed by atoms with van der Waals surface area (Å²) >= 11 is 0. The summed E-state index contributed by atoms with van der Waals surface area (Å²) in [5.41, 5.74) is 31.0. The van der Waals surface area contributed by atoms with Crippen molar-refractivity contribution in [2.45, 2.75) is 0 Å². The third kappa shape index (κ3) is 13.0. The quantitative estimate of drug-likeness (QED) is 0.109. The standard InChI is InChI=1S/2C6H7O3P.2C3H6N6/c2*7-10(8,9)6-4-2-1-3-5-6;2*4-1-7-2(5)9-3(6)8-1/h2*1-5H,(H2,7,8,9);2*(H6,4,5,6,7,8,9). The first-order valence-corrected chi connectivity index (χ1v) is 13.1. The molecule has 4 rings (SSSR count). The van der Waals surface area contributed by atoms with Crippen LogP contribution in [0.2, 0.25) is 0 Å². The summed E-state index contributed by atoms with van der Waals surface area (Å²) in [5, 5.41) is 0.0185. The Bertz CT molecular complexity index is 1180. The van der Waals surface area contributed by atoms with Gasteiger partial charge in [0.1, 0.15) is 0 Å². The molecule has 0 spiro atoms. The molecule has 204 valence electrons. The smallest absolute Gasteiger partial charge is 0.356 e. The monoisotopic (exact) mass is 568 g/mol. The molecule has 0 fully saturated rings. The van der Waals surface area contributed by atoms with Crippen molar-refractivity contribution in [3.05, 3.63) is 60.7 Å². The van der Waals surface area contributed by atoms with Crippen LogP contribution in [0, 0.1) is 0 Å². The minimum absolute atomic E-state index is 0.0417. The number of aromatic amines is 1. The Morgan fingerprint density at radius 2 is 0.895 bits per heavy atom. The van der Waals surface area contributed by atoms with E-state index in [9.17, 15) is 14.0 Å². The second-order valence-electron chi connectivity index (χ2n) is 6.62. The summed E-state index contributed by atoms with van der Waals surface area (Å²) in [6.07, 6.45) is 0. The van der Waals surface area contributed by atoms with Crippen molar-refractivity contribution in [2.75, 3.05) is 34.4 Å². The van der Waals surface area contributed by atoms with Crippen LogP contribution in [0.5, 0.6) is 0 Å². The number of aromatic nitrogens is 6. The maximum atomic E-state index is 10.5. The SMILES string of the molecule is Nc1nc(N)[nH+]c(N)n1.Nc1nc(N)nc(N)n1.O=P(O)(O)c1ccccc1.O=P([O-])(O)c1ccccc1. The molecule has 0 bridgehead atoms. The molecular weight excluding hydrogens is 542 g/mol. The number of nitrogen functional groups attached to an aromatic ring is 6. The molecule has 20 heteroatoms. The van der Waals surface area contributed by atoms with Crippen LogP contribution in [0.25, 0.3) is 0 Å². The Labute approximate surface area is 215 Å². The van der Waals surface area contributed by atoms with E-state index in [1.54, 1.807) is 36.4 Å². The molecule has 38 heavy (non-hydrogen) atoms. The number of nitrogens with one attached hydrogen (secondary N) is 1. The van der Waals surface area contributed by atoms with Crippen molar-refractivity contribution in [1.29, 1.82) is 0 Å². The van der Waals surface area contributed by atoms with Gasteiger partial charge in [0, 0.05) is 5.30 Å². The molecule has 1 atom stereocenters. The molecule has 16 N–H and O–H groups in total. The lowest BCUT2D eigenvalue weighted by molar-refractivity contribution is -0.350. The van der Waals surface area contributed by atoms with Gasteiger partial charge >= 0.3 is 25.4 Å². The van der Waals surface area contributed by atoms with E-state index in [1.807, 2.05) is 0 Å². The number of benzene rings is 2. The number of hydrogen-bond donors (Lipinski definition) is 9. The van der Waals surface area contributed by atoms with Crippen LogP contribution < -0.4 is 54.9 Å². The fraction of sp³-hybridized carbons (Fsp3) is 0. The number of nitrogens with zero attached hydrogens (tertiary/aromatic N) is 5. The fourth-order valence-electron chi connectivity index (χ4n) is 2.12. The number of hydrogen-bond acceptors (Lipinski definition) is 14. The number of anilines is 6. The van der Waals surface area contributed by atoms with Gasteiger partial charge in [-0.05, 0) is 12.1 Å². The molecule has 0 radical (unpaired) electrons. The van der Waals surface area contributed by atoms with Gasteiger partial charge in [0.2, 0.25) is 17.8 Å². The highest BCUT2D eigenvalue weighted by Crippen LogP contribution is 2.32. The second-order valence-corrected chi connectivity index (χ2v) is 9.78. The van der Waals surface area contributed by atoms with Crippen molar-refractivity contribution in [2.24, 2.45) is 0 Å². The lowest BCUT2D eigenvalue weighted by Gasteiger charge is -2.14. The summed E-state index contributed by atoms with van der Waals surface area (Å²) in [6, 6.07) is 15.2. The Balaban J connectivity index is 0.000000254. The fourth-order valence-corrected chi connectivity index (χ4v) is 3.23. The van der Waals surface area contributed by atoms with Crippen molar-refractivity contribution < 1.29 is 33.7 Å². The molecule has 1 unspecified atom stereocenters. The maximum absolute atomic E-state index is 10.5.